The highest BCUT2D eigenvalue weighted by Gasteiger charge is 2.21. The van der Waals surface area contributed by atoms with Crippen LogP contribution in [0.4, 0.5) is 0 Å². The Balaban J connectivity index is 2.49. The third-order valence-corrected chi connectivity index (χ3v) is 4.94. The van der Waals surface area contributed by atoms with Crippen molar-refractivity contribution in [2.75, 3.05) is 27.5 Å². The molecule has 0 radical (unpaired) electrons. The molecule has 5 nitrogen and oxygen atoms in total. The first-order valence-corrected chi connectivity index (χ1v) is 7.83. The van der Waals surface area contributed by atoms with Gasteiger partial charge in [-0.2, -0.15) is 0 Å². The lowest BCUT2D eigenvalue weighted by atomic mass is 10.1. The molecule has 1 aromatic heterocycles. The molecule has 2 N–H and O–H groups in total. The molecule has 21 heavy (non-hydrogen) atoms. The molecule has 0 amide bonds. The van der Waals surface area contributed by atoms with Gasteiger partial charge < -0.3 is 9.88 Å². The maximum atomic E-state index is 12.2. The first kappa shape index (κ1) is 8.31. The van der Waals surface area contributed by atoms with Crippen molar-refractivity contribution in [3.05, 3.63) is 35.5 Å². The normalized spacial score (nSPS) is 22.2. The van der Waals surface area contributed by atoms with E-state index in [0.29, 0.717) is 21.4 Å². The summed E-state index contributed by atoms with van der Waals surface area (Å²) < 4.78 is 87.6. The van der Waals surface area contributed by atoms with E-state index in [2.05, 4.69) is 9.71 Å². The van der Waals surface area contributed by atoms with Gasteiger partial charge in [0.2, 0.25) is 10.0 Å². The summed E-state index contributed by atoms with van der Waals surface area (Å²) in [6.07, 6.45) is -0.0941. The van der Waals surface area contributed by atoms with E-state index in [9.17, 15) is 8.42 Å². The minimum atomic E-state index is -3.99. The van der Waals surface area contributed by atoms with Crippen molar-refractivity contribution in [1.29, 1.82) is 0 Å². The molecular formula is C15H23N3O2S. The molecule has 0 aliphatic rings. The third-order valence-electron chi connectivity index (χ3n) is 3.36. The van der Waals surface area contributed by atoms with E-state index < -0.39 is 29.2 Å². The molecule has 1 atom stereocenters. The number of rotatable bonds is 6. The minimum absolute atomic E-state index is 0.0312. The molecule has 0 aliphatic heterocycles. The highest BCUT2D eigenvalue weighted by Crippen LogP contribution is 2.26. The van der Waals surface area contributed by atoms with Gasteiger partial charge in [0.15, 0.2) is 0 Å². The largest absolute Gasteiger partial charge is 0.361 e. The van der Waals surface area contributed by atoms with Gasteiger partial charge in [-0.25, -0.2) is 13.1 Å². The number of aromatic amines is 1. The van der Waals surface area contributed by atoms with Crippen molar-refractivity contribution in [2.45, 2.75) is 18.6 Å². The van der Waals surface area contributed by atoms with Gasteiger partial charge in [-0.3, -0.25) is 0 Å². The van der Waals surface area contributed by atoms with Gasteiger partial charge in [-0.1, -0.05) is 6.07 Å². The van der Waals surface area contributed by atoms with Crippen LogP contribution < -0.4 is 4.72 Å². The highest BCUT2D eigenvalue weighted by atomic mass is 32.2. The molecule has 2 aromatic rings. The Morgan fingerprint density at radius 3 is 2.95 bits per heavy atom. The van der Waals surface area contributed by atoms with Crippen molar-refractivity contribution >= 4 is 20.9 Å². The molecule has 116 valence electrons. The van der Waals surface area contributed by atoms with Gasteiger partial charge in [0.25, 0.3) is 0 Å². The summed E-state index contributed by atoms with van der Waals surface area (Å²) in [4.78, 5) is 3.21. The zero-order valence-electron chi connectivity index (χ0n) is 19.8. The van der Waals surface area contributed by atoms with Gasteiger partial charge in [-0.05, 0) is 57.6 Å². The van der Waals surface area contributed by atoms with Crippen molar-refractivity contribution in [3.8, 4) is 0 Å². The maximum Gasteiger partial charge on any atom is 0.218 e. The van der Waals surface area contributed by atoms with Crippen LogP contribution in [0.5, 0.6) is 0 Å². The number of fused-ring (bicyclic) bond motifs is 1. The number of hydrogen-bond acceptors (Lipinski definition) is 3. The standard InChI is InChI=1S/C15H23N3O2S/c1-11(21(19,20)16-2)12-5-6-15-14(9-12)13(10-17-15)7-8-18(3)4/h5-6,9-11,16-17H,7-8H2,1-4H3/i3D3,4D3,10D,11D. The summed E-state index contributed by atoms with van der Waals surface area (Å²) in [5.41, 5.74) is 1.00. The molecule has 6 heteroatoms. The summed E-state index contributed by atoms with van der Waals surface area (Å²) in [5, 5.41) is -1.57. The third kappa shape index (κ3) is 3.45. The Bertz CT molecular complexity index is 981. The van der Waals surface area contributed by atoms with Gasteiger partial charge in [0, 0.05) is 31.8 Å². The average Bonchev–Trinajstić information content (AvgIpc) is 2.87. The molecule has 1 aromatic carbocycles. The average molecular weight is 317 g/mol. The summed E-state index contributed by atoms with van der Waals surface area (Å²) in [6.45, 7) is -4.82. The van der Waals surface area contributed by atoms with Crippen LogP contribution in [0.15, 0.2) is 24.4 Å². The first-order valence-electron chi connectivity index (χ1n) is 10.3. The molecule has 0 bridgehead atoms. The fraction of sp³-hybridized carbons (Fsp3) is 0.467. The molecule has 1 heterocycles. The molecular weight excluding hydrogens is 286 g/mol. The molecule has 2 rings (SSSR count). The van der Waals surface area contributed by atoms with E-state index in [1.807, 2.05) is 0 Å². The van der Waals surface area contributed by atoms with Crippen molar-refractivity contribution < 1.29 is 19.4 Å². The lowest BCUT2D eigenvalue weighted by molar-refractivity contribution is 0.414. The number of H-pyrrole nitrogens is 1. The fourth-order valence-electron chi connectivity index (χ4n) is 2.06. The van der Waals surface area contributed by atoms with E-state index in [-0.39, 0.29) is 24.7 Å². The Morgan fingerprint density at radius 1 is 1.52 bits per heavy atom. The number of nitrogens with one attached hydrogen (secondary N) is 2. The van der Waals surface area contributed by atoms with E-state index in [0.717, 1.165) is 0 Å². The minimum Gasteiger partial charge on any atom is -0.361 e. The van der Waals surface area contributed by atoms with Crippen LogP contribution in [0.1, 0.15) is 34.2 Å². The topological polar surface area (TPSA) is 65.2 Å². The van der Waals surface area contributed by atoms with Gasteiger partial charge in [0.1, 0.15) is 0 Å². The Hall–Kier alpha value is -1.37. The predicted molar refractivity (Wildman–Crippen MR) is 87.0 cm³/mol. The van der Waals surface area contributed by atoms with Crippen LogP contribution in [0.3, 0.4) is 0 Å². The van der Waals surface area contributed by atoms with Crippen molar-refractivity contribution in [2.24, 2.45) is 0 Å². The van der Waals surface area contributed by atoms with Gasteiger partial charge >= 0.3 is 0 Å². The Morgan fingerprint density at radius 2 is 2.29 bits per heavy atom. The second-order valence-electron chi connectivity index (χ2n) is 4.65. The van der Waals surface area contributed by atoms with Crippen LogP contribution in [0, 0.1) is 0 Å². The number of likely N-dealkylation sites (N-methyl/N-ethyl adjacent to an activating group) is 1. The van der Waals surface area contributed by atoms with Crippen LogP contribution in [0.25, 0.3) is 10.9 Å². The van der Waals surface area contributed by atoms with E-state index >= 15 is 0 Å². The van der Waals surface area contributed by atoms with Crippen LogP contribution in [-0.2, 0) is 16.4 Å². The summed E-state index contributed by atoms with van der Waals surface area (Å²) >= 11 is 0. The lowest BCUT2D eigenvalue weighted by Gasteiger charge is -2.13. The summed E-state index contributed by atoms with van der Waals surface area (Å²) in [7, 11) is -2.78. The summed E-state index contributed by atoms with van der Waals surface area (Å²) in [6, 6.07) is 4.45. The van der Waals surface area contributed by atoms with Crippen LogP contribution in [-0.4, -0.2) is 45.8 Å². The fourth-order valence-corrected chi connectivity index (χ4v) is 2.80. The highest BCUT2D eigenvalue weighted by molar-refractivity contribution is 7.89. The maximum absolute atomic E-state index is 12.2. The molecule has 0 aliphatic carbocycles. The molecule has 0 fully saturated rings. The van der Waals surface area contributed by atoms with E-state index in [1.165, 1.54) is 32.2 Å². The smallest absolute Gasteiger partial charge is 0.218 e. The van der Waals surface area contributed by atoms with Gasteiger partial charge in [-0.15, -0.1) is 0 Å². The number of nitrogens with zero attached hydrogens (tertiary/aromatic N) is 1. The molecule has 0 saturated heterocycles. The SMILES string of the molecule is [2H]c1[nH]c2ccc(C([2H])(C)S(=O)(=O)NC)cc2c1CCN(C([2H])([2H])[2H])C([2H])([2H])[2H]. The van der Waals surface area contributed by atoms with Crippen molar-refractivity contribution in [1.82, 2.24) is 14.6 Å². The number of aromatic nitrogens is 1. The number of hydrogen-bond donors (Lipinski definition) is 2. The quantitative estimate of drug-likeness (QED) is 0.855. The molecule has 0 spiro atoms. The van der Waals surface area contributed by atoms with Crippen molar-refractivity contribution in [3.63, 3.8) is 0 Å². The Labute approximate surface area is 137 Å². The predicted octanol–water partition coefficient (Wildman–Crippen LogP) is 1.88. The molecule has 0 saturated carbocycles. The first-order chi connectivity index (χ1) is 13.0. The monoisotopic (exact) mass is 317 g/mol. The number of sulfonamides is 1. The van der Waals surface area contributed by atoms with Gasteiger partial charge in [0.05, 0.1) is 7.97 Å². The zero-order valence-corrected chi connectivity index (χ0v) is 12.6. The van der Waals surface area contributed by atoms with E-state index in [1.54, 1.807) is 0 Å². The second kappa shape index (κ2) is 6.17. The second-order valence-corrected chi connectivity index (χ2v) is 6.68. The zero-order chi connectivity index (χ0) is 22.4. The van der Waals surface area contributed by atoms with E-state index in [4.69, 9.17) is 11.0 Å². The summed E-state index contributed by atoms with van der Waals surface area (Å²) in [5.74, 6) is 0. The van der Waals surface area contributed by atoms with Crippen LogP contribution in [0.2, 0.25) is 0 Å². The lowest BCUT2D eigenvalue weighted by Crippen LogP contribution is -2.24. The molecule has 1 unspecified atom stereocenters. The number of benzene rings is 1. The van der Waals surface area contributed by atoms with Crippen LogP contribution >= 0.6 is 0 Å². The Kier molecular flexibility index (Phi) is 2.44.